The fraction of sp³-hybridized carbons (Fsp3) is 0.846. The Bertz CT molecular complexity index is 314. The molecular formula is C13H25N3O3. The van der Waals surface area contributed by atoms with Crippen LogP contribution in [0.4, 0.5) is 4.79 Å². The van der Waals surface area contributed by atoms with Crippen molar-refractivity contribution in [2.24, 2.45) is 0 Å². The van der Waals surface area contributed by atoms with Gasteiger partial charge in [-0.1, -0.05) is 6.92 Å². The molecular weight excluding hydrogens is 246 g/mol. The Labute approximate surface area is 115 Å². The Kier molecular flexibility index (Phi) is 6.08. The second-order valence-electron chi connectivity index (χ2n) is 5.12. The minimum atomic E-state index is -0.769. The first-order valence-corrected chi connectivity index (χ1v) is 6.91. The summed E-state index contributed by atoms with van der Waals surface area (Å²) in [4.78, 5) is 28.5. The van der Waals surface area contributed by atoms with Crippen molar-refractivity contribution in [3.8, 4) is 0 Å². The van der Waals surface area contributed by atoms with Crippen molar-refractivity contribution in [1.29, 1.82) is 0 Å². The molecule has 6 nitrogen and oxygen atoms in total. The fourth-order valence-corrected chi connectivity index (χ4v) is 2.10. The van der Waals surface area contributed by atoms with E-state index in [4.69, 9.17) is 5.11 Å². The van der Waals surface area contributed by atoms with Crippen molar-refractivity contribution >= 4 is 12.0 Å². The number of carbonyl (C=O) groups is 2. The zero-order chi connectivity index (χ0) is 14.4. The predicted octanol–water partition coefficient (Wildman–Crippen LogP) is 0.929. The van der Waals surface area contributed by atoms with E-state index >= 15 is 0 Å². The molecule has 1 aliphatic heterocycles. The van der Waals surface area contributed by atoms with Crippen molar-refractivity contribution in [2.75, 3.05) is 39.8 Å². The number of carboxylic acids is 1. The average molecular weight is 271 g/mol. The first-order chi connectivity index (χ1) is 8.95. The molecule has 19 heavy (non-hydrogen) atoms. The number of hydrogen-bond donors (Lipinski definition) is 1. The summed E-state index contributed by atoms with van der Waals surface area (Å²) in [5, 5.41) is 8.65. The highest BCUT2D eigenvalue weighted by Gasteiger charge is 2.25. The minimum Gasteiger partial charge on any atom is -0.481 e. The number of aliphatic carboxylic acids is 1. The fourth-order valence-electron chi connectivity index (χ4n) is 2.10. The Morgan fingerprint density at radius 3 is 2.32 bits per heavy atom. The Balaban J connectivity index is 2.36. The summed E-state index contributed by atoms with van der Waals surface area (Å²) in [5.74, 6) is -0.769. The van der Waals surface area contributed by atoms with Crippen molar-refractivity contribution in [2.45, 2.75) is 32.7 Å². The summed E-state index contributed by atoms with van der Waals surface area (Å²) in [7, 11) is 1.84. The highest BCUT2D eigenvalue weighted by atomic mass is 16.4. The number of carboxylic acid groups (broad SMARTS) is 1. The van der Waals surface area contributed by atoms with E-state index in [0.717, 1.165) is 19.5 Å². The van der Waals surface area contributed by atoms with Crippen LogP contribution in [-0.2, 0) is 4.79 Å². The molecule has 1 saturated heterocycles. The molecule has 0 aliphatic carbocycles. The summed E-state index contributed by atoms with van der Waals surface area (Å²) in [6.45, 7) is 7.55. The van der Waals surface area contributed by atoms with E-state index in [9.17, 15) is 9.59 Å². The smallest absolute Gasteiger partial charge is 0.320 e. The summed E-state index contributed by atoms with van der Waals surface area (Å²) < 4.78 is 0. The van der Waals surface area contributed by atoms with Crippen LogP contribution in [0.15, 0.2) is 0 Å². The molecule has 0 aromatic carbocycles. The van der Waals surface area contributed by atoms with Crippen LogP contribution in [0, 0.1) is 0 Å². The van der Waals surface area contributed by atoms with Crippen molar-refractivity contribution < 1.29 is 14.7 Å². The molecule has 0 bridgehead atoms. The highest BCUT2D eigenvalue weighted by Crippen LogP contribution is 2.09. The van der Waals surface area contributed by atoms with Crippen molar-refractivity contribution in [1.82, 2.24) is 14.7 Å². The van der Waals surface area contributed by atoms with E-state index in [1.54, 1.807) is 4.90 Å². The summed E-state index contributed by atoms with van der Waals surface area (Å²) in [6, 6.07) is 0.324. The molecule has 1 aliphatic rings. The summed E-state index contributed by atoms with van der Waals surface area (Å²) >= 11 is 0. The minimum absolute atomic E-state index is 0.0761. The number of nitrogens with zero attached hydrogens (tertiary/aromatic N) is 3. The van der Waals surface area contributed by atoms with E-state index in [2.05, 4.69) is 11.8 Å². The summed E-state index contributed by atoms with van der Waals surface area (Å²) in [5.41, 5.74) is 0. The quantitative estimate of drug-likeness (QED) is 0.808. The van der Waals surface area contributed by atoms with Crippen LogP contribution in [0.3, 0.4) is 0 Å². The largest absolute Gasteiger partial charge is 0.481 e. The van der Waals surface area contributed by atoms with Gasteiger partial charge < -0.3 is 14.9 Å². The molecule has 2 amide bonds. The molecule has 1 atom stereocenters. The third kappa shape index (κ3) is 4.70. The second-order valence-corrected chi connectivity index (χ2v) is 5.12. The molecule has 1 unspecified atom stereocenters. The van der Waals surface area contributed by atoms with Crippen molar-refractivity contribution in [3.05, 3.63) is 0 Å². The van der Waals surface area contributed by atoms with Crippen LogP contribution in [0.1, 0.15) is 26.7 Å². The lowest BCUT2D eigenvalue weighted by atomic mass is 10.2. The van der Waals surface area contributed by atoms with E-state index in [1.165, 1.54) is 0 Å². The average Bonchev–Trinajstić information content (AvgIpc) is 2.43. The lowest BCUT2D eigenvalue weighted by molar-refractivity contribution is -0.137. The molecule has 110 valence electrons. The maximum absolute atomic E-state index is 12.2. The topological polar surface area (TPSA) is 64.1 Å². The van der Waals surface area contributed by atoms with Gasteiger partial charge in [0.05, 0.1) is 6.42 Å². The first kappa shape index (κ1) is 15.8. The van der Waals surface area contributed by atoms with Crippen LogP contribution < -0.4 is 0 Å². The van der Waals surface area contributed by atoms with Crippen LogP contribution >= 0.6 is 0 Å². The molecule has 1 N–H and O–H groups in total. The van der Waals surface area contributed by atoms with Gasteiger partial charge in [0, 0.05) is 45.8 Å². The Morgan fingerprint density at radius 1 is 1.26 bits per heavy atom. The zero-order valence-corrected chi connectivity index (χ0v) is 12.1. The first-order valence-electron chi connectivity index (χ1n) is 6.91. The SMILES string of the molecule is CCC(C)N(C)C(=O)N1CCN(CCC(=O)O)CC1. The van der Waals surface area contributed by atoms with Gasteiger partial charge in [-0.15, -0.1) is 0 Å². The van der Waals surface area contributed by atoms with E-state index < -0.39 is 5.97 Å². The van der Waals surface area contributed by atoms with E-state index in [-0.39, 0.29) is 18.5 Å². The monoisotopic (exact) mass is 271 g/mol. The van der Waals surface area contributed by atoms with Gasteiger partial charge in [0.25, 0.3) is 0 Å². The normalized spacial score (nSPS) is 18.2. The van der Waals surface area contributed by atoms with Gasteiger partial charge >= 0.3 is 12.0 Å². The van der Waals surface area contributed by atoms with Crippen LogP contribution in [0.25, 0.3) is 0 Å². The predicted molar refractivity (Wildman–Crippen MR) is 73.2 cm³/mol. The van der Waals surface area contributed by atoms with Crippen LogP contribution in [0.5, 0.6) is 0 Å². The van der Waals surface area contributed by atoms with Gasteiger partial charge in [-0.3, -0.25) is 9.69 Å². The zero-order valence-electron chi connectivity index (χ0n) is 12.1. The van der Waals surface area contributed by atoms with E-state index in [0.29, 0.717) is 19.6 Å². The molecule has 0 radical (unpaired) electrons. The Morgan fingerprint density at radius 2 is 1.84 bits per heavy atom. The molecule has 0 spiro atoms. The molecule has 1 rings (SSSR count). The molecule has 0 aromatic heterocycles. The number of amides is 2. The number of urea groups is 1. The molecule has 0 aromatic rings. The Hall–Kier alpha value is -1.30. The molecule has 1 heterocycles. The maximum atomic E-state index is 12.2. The molecule has 1 fully saturated rings. The van der Waals surface area contributed by atoms with Crippen LogP contribution in [0.2, 0.25) is 0 Å². The van der Waals surface area contributed by atoms with Gasteiger partial charge in [-0.25, -0.2) is 4.79 Å². The van der Waals surface area contributed by atoms with Gasteiger partial charge in [0.1, 0.15) is 0 Å². The van der Waals surface area contributed by atoms with Gasteiger partial charge in [0.2, 0.25) is 0 Å². The number of carbonyl (C=O) groups excluding carboxylic acids is 1. The third-order valence-electron chi connectivity index (χ3n) is 3.84. The van der Waals surface area contributed by atoms with Gasteiger partial charge in [-0.05, 0) is 13.3 Å². The summed E-state index contributed by atoms with van der Waals surface area (Å²) in [6.07, 6.45) is 1.11. The van der Waals surface area contributed by atoms with Crippen molar-refractivity contribution in [3.63, 3.8) is 0 Å². The van der Waals surface area contributed by atoms with Gasteiger partial charge in [0.15, 0.2) is 0 Å². The maximum Gasteiger partial charge on any atom is 0.320 e. The number of hydrogen-bond acceptors (Lipinski definition) is 3. The third-order valence-corrected chi connectivity index (χ3v) is 3.84. The van der Waals surface area contributed by atoms with Crippen LogP contribution in [-0.4, -0.2) is 77.6 Å². The highest BCUT2D eigenvalue weighted by molar-refractivity contribution is 5.74. The lowest BCUT2D eigenvalue weighted by Crippen LogP contribution is -2.53. The second kappa shape index (κ2) is 7.33. The molecule has 0 saturated carbocycles. The number of piperazine rings is 1. The van der Waals surface area contributed by atoms with Gasteiger partial charge in [-0.2, -0.15) is 0 Å². The molecule has 6 heteroatoms. The number of rotatable bonds is 5. The lowest BCUT2D eigenvalue weighted by Gasteiger charge is -2.37. The van der Waals surface area contributed by atoms with E-state index in [1.807, 2.05) is 18.9 Å². The standard InChI is InChI=1S/C13H25N3O3/c1-4-11(2)14(3)13(19)16-9-7-15(8-10-16)6-5-12(17)18/h11H,4-10H2,1-3H3,(H,17,18).